The Bertz CT molecular complexity index is 649. The van der Waals surface area contributed by atoms with E-state index in [0.29, 0.717) is 12.2 Å². The van der Waals surface area contributed by atoms with Crippen molar-refractivity contribution < 1.29 is 9.53 Å². The highest BCUT2D eigenvalue weighted by molar-refractivity contribution is 7.08. The molecule has 0 unspecified atom stereocenters. The molecule has 0 amide bonds. The molecule has 1 heterocycles. The highest BCUT2D eigenvalue weighted by atomic mass is 32.1. The van der Waals surface area contributed by atoms with Gasteiger partial charge in [0.25, 0.3) is 0 Å². The molecule has 0 aliphatic carbocycles. The maximum Gasteiger partial charge on any atom is 0.204 e. The van der Waals surface area contributed by atoms with E-state index < -0.39 is 0 Å². The van der Waals surface area contributed by atoms with Crippen LogP contribution >= 0.6 is 11.3 Å². The standard InChI is InChI=1S/C16H13NO2S/c1-2-19-15-5-3-12(4-6-15)9-14(10-17)16(18)13-7-8-20-11-13/h3-9,11H,2H2,1H3. The van der Waals surface area contributed by atoms with Crippen LogP contribution in [0.1, 0.15) is 22.8 Å². The molecule has 0 bridgehead atoms. The van der Waals surface area contributed by atoms with E-state index in [2.05, 4.69) is 0 Å². The molecule has 0 saturated heterocycles. The fourth-order valence-electron chi connectivity index (χ4n) is 1.69. The minimum atomic E-state index is -0.248. The van der Waals surface area contributed by atoms with Crippen LogP contribution < -0.4 is 4.74 Å². The molecule has 0 aliphatic heterocycles. The third-order valence-corrected chi connectivity index (χ3v) is 3.33. The van der Waals surface area contributed by atoms with Crippen molar-refractivity contribution in [3.63, 3.8) is 0 Å². The van der Waals surface area contributed by atoms with E-state index in [0.717, 1.165) is 11.3 Å². The van der Waals surface area contributed by atoms with Gasteiger partial charge in [0.15, 0.2) is 0 Å². The predicted molar refractivity (Wildman–Crippen MR) is 79.9 cm³/mol. The smallest absolute Gasteiger partial charge is 0.204 e. The molecule has 100 valence electrons. The molecule has 0 fully saturated rings. The Morgan fingerprint density at radius 3 is 2.65 bits per heavy atom. The van der Waals surface area contributed by atoms with Gasteiger partial charge in [0.2, 0.25) is 5.78 Å². The average Bonchev–Trinajstić information content (AvgIpc) is 3.00. The summed E-state index contributed by atoms with van der Waals surface area (Å²) in [4.78, 5) is 12.1. The van der Waals surface area contributed by atoms with Gasteiger partial charge in [-0.1, -0.05) is 12.1 Å². The summed E-state index contributed by atoms with van der Waals surface area (Å²) < 4.78 is 5.35. The predicted octanol–water partition coefficient (Wildman–Crippen LogP) is 3.94. The van der Waals surface area contributed by atoms with Gasteiger partial charge in [-0.05, 0) is 42.1 Å². The Kier molecular flexibility index (Phi) is 4.70. The summed E-state index contributed by atoms with van der Waals surface area (Å²) in [5.41, 5.74) is 1.48. The lowest BCUT2D eigenvalue weighted by Gasteiger charge is -2.02. The Balaban J connectivity index is 2.23. The Labute approximate surface area is 121 Å². The third kappa shape index (κ3) is 3.34. The second-order valence-corrected chi connectivity index (χ2v) is 4.79. The van der Waals surface area contributed by atoms with Gasteiger partial charge in [-0.15, -0.1) is 0 Å². The lowest BCUT2D eigenvalue weighted by atomic mass is 10.0. The van der Waals surface area contributed by atoms with E-state index in [-0.39, 0.29) is 11.4 Å². The van der Waals surface area contributed by atoms with Crippen LogP contribution in [-0.4, -0.2) is 12.4 Å². The number of hydrogen-bond donors (Lipinski definition) is 0. The van der Waals surface area contributed by atoms with E-state index in [1.807, 2.05) is 42.6 Å². The minimum absolute atomic E-state index is 0.132. The molecule has 1 aromatic carbocycles. The number of benzene rings is 1. The first-order chi connectivity index (χ1) is 9.74. The fraction of sp³-hybridized carbons (Fsp3) is 0.125. The molecule has 0 saturated carbocycles. The lowest BCUT2D eigenvalue weighted by Crippen LogP contribution is -1.99. The SMILES string of the molecule is CCOc1ccc(C=C(C#N)C(=O)c2ccsc2)cc1. The Morgan fingerprint density at radius 2 is 2.10 bits per heavy atom. The summed E-state index contributed by atoms with van der Waals surface area (Å²) in [7, 11) is 0. The topological polar surface area (TPSA) is 50.1 Å². The summed E-state index contributed by atoms with van der Waals surface area (Å²) in [6, 6.07) is 11.0. The first kappa shape index (κ1) is 14.0. The van der Waals surface area contributed by atoms with Gasteiger partial charge in [-0.3, -0.25) is 4.79 Å². The molecule has 2 aromatic rings. The van der Waals surface area contributed by atoms with Gasteiger partial charge in [-0.2, -0.15) is 16.6 Å². The van der Waals surface area contributed by atoms with Gasteiger partial charge in [0.05, 0.1) is 6.61 Å². The minimum Gasteiger partial charge on any atom is -0.494 e. The van der Waals surface area contributed by atoms with Gasteiger partial charge in [-0.25, -0.2) is 0 Å². The molecule has 20 heavy (non-hydrogen) atoms. The normalized spacial score (nSPS) is 10.9. The summed E-state index contributed by atoms with van der Waals surface area (Å²) in [6.07, 6.45) is 1.59. The van der Waals surface area contributed by atoms with Crippen molar-refractivity contribution in [2.75, 3.05) is 6.61 Å². The van der Waals surface area contributed by atoms with Crippen LogP contribution in [0.5, 0.6) is 5.75 Å². The Morgan fingerprint density at radius 1 is 1.35 bits per heavy atom. The highest BCUT2D eigenvalue weighted by Gasteiger charge is 2.12. The van der Waals surface area contributed by atoms with Gasteiger partial charge in [0.1, 0.15) is 17.4 Å². The van der Waals surface area contributed by atoms with E-state index in [1.165, 1.54) is 11.3 Å². The number of ketones is 1. The van der Waals surface area contributed by atoms with Crippen LogP contribution in [0.4, 0.5) is 0 Å². The van der Waals surface area contributed by atoms with Crippen molar-refractivity contribution in [3.8, 4) is 11.8 Å². The molecule has 0 spiro atoms. The molecule has 4 heteroatoms. The first-order valence-corrected chi connectivity index (χ1v) is 7.10. The molecule has 0 aliphatic rings. The molecular weight excluding hydrogens is 270 g/mol. The van der Waals surface area contributed by atoms with Crippen LogP contribution in [-0.2, 0) is 0 Å². The summed E-state index contributed by atoms with van der Waals surface area (Å²) in [5, 5.41) is 12.7. The van der Waals surface area contributed by atoms with Crippen molar-refractivity contribution in [3.05, 3.63) is 57.8 Å². The van der Waals surface area contributed by atoms with Crippen molar-refractivity contribution in [2.45, 2.75) is 6.92 Å². The zero-order valence-corrected chi connectivity index (χ0v) is 11.8. The summed E-state index contributed by atoms with van der Waals surface area (Å²) >= 11 is 1.44. The van der Waals surface area contributed by atoms with Gasteiger partial charge >= 0.3 is 0 Å². The summed E-state index contributed by atoms with van der Waals surface area (Å²) in [5.74, 6) is 0.523. The molecule has 0 N–H and O–H groups in total. The van der Waals surface area contributed by atoms with Crippen LogP contribution in [0.15, 0.2) is 46.7 Å². The maximum absolute atomic E-state index is 12.1. The number of thiophene rings is 1. The number of nitriles is 1. The van der Waals surface area contributed by atoms with E-state index in [9.17, 15) is 4.79 Å². The van der Waals surface area contributed by atoms with Crippen LogP contribution in [0.3, 0.4) is 0 Å². The largest absolute Gasteiger partial charge is 0.494 e. The quantitative estimate of drug-likeness (QED) is 0.474. The van der Waals surface area contributed by atoms with Crippen molar-refractivity contribution in [2.24, 2.45) is 0 Å². The number of nitrogens with zero attached hydrogens (tertiary/aromatic N) is 1. The monoisotopic (exact) mass is 283 g/mol. The maximum atomic E-state index is 12.1. The fourth-order valence-corrected chi connectivity index (χ4v) is 2.33. The molecule has 0 radical (unpaired) electrons. The third-order valence-electron chi connectivity index (χ3n) is 2.65. The molecule has 1 aromatic heterocycles. The van der Waals surface area contributed by atoms with Crippen LogP contribution in [0.2, 0.25) is 0 Å². The molecule has 3 nitrogen and oxygen atoms in total. The molecular formula is C16H13NO2S. The number of rotatable bonds is 5. The number of Topliss-reactive ketones (excluding diaryl/α,β-unsaturated/α-hetero) is 1. The van der Waals surface area contributed by atoms with Gasteiger partial charge < -0.3 is 4.74 Å². The number of carbonyl (C=O) groups excluding carboxylic acids is 1. The molecule has 2 rings (SSSR count). The van der Waals surface area contributed by atoms with E-state index in [1.54, 1.807) is 17.5 Å². The number of hydrogen-bond acceptors (Lipinski definition) is 4. The van der Waals surface area contributed by atoms with Crippen molar-refractivity contribution >= 4 is 23.2 Å². The van der Waals surface area contributed by atoms with E-state index in [4.69, 9.17) is 10.00 Å². The second kappa shape index (κ2) is 6.69. The van der Waals surface area contributed by atoms with Crippen molar-refractivity contribution in [1.82, 2.24) is 0 Å². The molecule has 0 atom stereocenters. The zero-order valence-electron chi connectivity index (χ0n) is 11.0. The summed E-state index contributed by atoms with van der Waals surface area (Å²) in [6.45, 7) is 2.52. The number of carbonyl (C=O) groups is 1. The highest BCUT2D eigenvalue weighted by Crippen LogP contribution is 2.17. The Hall–Kier alpha value is -2.38. The zero-order chi connectivity index (χ0) is 14.4. The second-order valence-electron chi connectivity index (χ2n) is 4.01. The average molecular weight is 283 g/mol. The first-order valence-electron chi connectivity index (χ1n) is 6.16. The van der Waals surface area contributed by atoms with Gasteiger partial charge in [0, 0.05) is 10.9 Å². The lowest BCUT2D eigenvalue weighted by molar-refractivity contribution is 0.104. The van der Waals surface area contributed by atoms with E-state index >= 15 is 0 Å². The van der Waals surface area contributed by atoms with Crippen LogP contribution in [0, 0.1) is 11.3 Å². The van der Waals surface area contributed by atoms with Crippen LogP contribution in [0.25, 0.3) is 6.08 Å². The van der Waals surface area contributed by atoms with Crippen molar-refractivity contribution in [1.29, 1.82) is 5.26 Å². The number of allylic oxidation sites excluding steroid dienone is 1. The number of ether oxygens (including phenoxy) is 1.